The van der Waals surface area contributed by atoms with Gasteiger partial charge in [0.2, 0.25) is 0 Å². The van der Waals surface area contributed by atoms with Gasteiger partial charge in [0, 0.05) is 14.5 Å². The second-order valence-electron chi connectivity index (χ2n) is 14.5. The summed E-state index contributed by atoms with van der Waals surface area (Å²) in [6.45, 7) is 14.4. The fourth-order valence-electron chi connectivity index (χ4n) is 7.40. The summed E-state index contributed by atoms with van der Waals surface area (Å²) < 4.78 is 0. The summed E-state index contributed by atoms with van der Waals surface area (Å²) in [4.78, 5) is 0. The second-order valence-corrected chi connectivity index (χ2v) is 23.5. The molecule has 0 radical (unpaired) electrons. The van der Waals surface area contributed by atoms with Crippen molar-refractivity contribution in [3.8, 4) is 0 Å². The van der Waals surface area contributed by atoms with Crippen LogP contribution in [0.3, 0.4) is 0 Å². The minimum Gasteiger partial charge on any atom is -1.00 e. The zero-order valence-electron chi connectivity index (χ0n) is 31.7. The average molecular weight is 789 g/mol. The normalized spacial score (nSPS) is 11.9. The van der Waals surface area contributed by atoms with Crippen molar-refractivity contribution in [2.75, 3.05) is 49.3 Å². The van der Waals surface area contributed by atoms with E-state index in [-0.39, 0.29) is 34.0 Å². The van der Waals surface area contributed by atoms with Crippen LogP contribution in [0.4, 0.5) is 0 Å². The molecule has 0 rings (SSSR count). The van der Waals surface area contributed by atoms with Gasteiger partial charge in [-0.1, -0.05) is 125 Å². The summed E-state index contributed by atoms with van der Waals surface area (Å²) in [7, 11) is -1.39. The first kappa shape index (κ1) is 50.2. The highest BCUT2D eigenvalue weighted by Gasteiger charge is 2.35. The lowest BCUT2D eigenvalue weighted by Crippen LogP contribution is -3.00. The maximum Gasteiger partial charge on any atom is 0.0594 e. The Kier molecular flexibility index (Phi) is 42.9. The van der Waals surface area contributed by atoms with Gasteiger partial charge in [0.25, 0.3) is 0 Å². The molecule has 0 atom stereocenters. The average Bonchev–Trinajstić information content (AvgIpc) is 3.01. The van der Waals surface area contributed by atoms with Crippen LogP contribution in [0.1, 0.15) is 208 Å². The predicted octanol–water partition coefficient (Wildman–Crippen LogP) is 9.29. The molecule has 4 heteroatoms. The van der Waals surface area contributed by atoms with Crippen LogP contribution in [0.15, 0.2) is 0 Å². The van der Waals surface area contributed by atoms with E-state index in [1.807, 2.05) is 0 Å². The summed E-state index contributed by atoms with van der Waals surface area (Å²) >= 11 is 0. The van der Waals surface area contributed by atoms with Crippen LogP contribution in [0.2, 0.25) is 0 Å². The van der Waals surface area contributed by atoms with E-state index in [9.17, 15) is 0 Å². The molecule has 0 heterocycles. The maximum absolute atomic E-state index is 2.41. The highest BCUT2D eigenvalue weighted by atomic mass is 79.9. The third-order valence-corrected chi connectivity index (χ3v) is 20.6. The Morgan fingerprint density at radius 2 is 0.364 bits per heavy atom. The monoisotopic (exact) mass is 786 g/mol. The quantitative estimate of drug-likeness (QED) is 0.0444. The first-order valence-corrected chi connectivity index (χ1v) is 25.3. The minimum absolute atomic E-state index is 0. The summed E-state index contributed by atoms with van der Waals surface area (Å²) in [5.41, 5.74) is 0. The van der Waals surface area contributed by atoms with E-state index in [1.54, 1.807) is 81.4 Å². The molecular weight excluding hydrogens is 702 g/mol. The van der Waals surface area contributed by atoms with Crippen molar-refractivity contribution < 1.29 is 34.0 Å². The lowest BCUT2D eigenvalue weighted by atomic mass is 10.1. The van der Waals surface area contributed by atoms with Crippen molar-refractivity contribution in [3.05, 3.63) is 0 Å². The molecule has 0 aromatic rings. The van der Waals surface area contributed by atoms with Crippen molar-refractivity contribution in [1.82, 2.24) is 0 Å². The van der Waals surface area contributed by atoms with Crippen LogP contribution in [-0.4, -0.2) is 49.3 Å². The Balaban J connectivity index is -0.00000840. The van der Waals surface area contributed by atoms with Crippen LogP contribution < -0.4 is 34.0 Å². The van der Waals surface area contributed by atoms with Crippen LogP contribution in [0.5, 0.6) is 0 Å². The molecular formula is C40H86Br2P2. The molecule has 0 aromatic heterocycles. The van der Waals surface area contributed by atoms with Crippen molar-refractivity contribution in [1.29, 1.82) is 0 Å². The van der Waals surface area contributed by atoms with Gasteiger partial charge in [0.15, 0.2) is 0 Å². The molecule has 0 amide bonds. The molecule has 0 saturated carbocycles. The molecule has 0 aromatic carbocycles. The molecule has 0 saturated heterocycles. The SMILES string of the molecule is CCCCCC[P+](CCCCCC)(CCCCCC)CCCCCCCCCC[P+](CCCC)(CCCC)CCCC.[Br-].[Br-]. The molecule has 0 N–H and O–H groups in total. The lowest BCUT2D eigenvalue weighted by Gasteiger charge is -2.28. The molecule has 0 spiro atoms. The largest absolute Gasteiger partial charge is 1.00 e. The number of hydrogen-bond acceptors (Lipinski definition) is 0. The standard InChI is InChI=1S/C40H86P2.2BrH/c1-7-13-19-28-36-42(37-29-20-14-8-2,38-30-21-15-9-3)40-32-27-25-23-22-24-26-31-39-41(33-16-10-4,34-17-11-5)35-18-12-6;;/h7-40H2,1-6H3;2*1H/q+2;;/p-2. The molecule has 0 fully saturated rings. The number of rotatable bonds is 35. The van der Waals surface area contributed by atoms with E-state index >= 15 is 0 Å². The second kappa shape index (κ2) is 37.6. The third-order valence-electron chi connectivity index (χ3n) is 10.4. The lowest BCUT2D eigenvalue weighted by molar-refractivity contribution is -0.00100. The summed E-state index contributed by atoms with van der Waals surface area (Å²) in [5, 5.41) is 0. The maximum atomic E-state index is 2.41. The van der Waals surface area contributed by atoms with E-state index in [0.717, 1.165) is 0 Å². The van der Waals surface area contributed by atoms with Gasteiger partial charge in [0.1, 0.15) is 0 Å². The van der Waals surface area contributed by atoms with Crippen molar-refractivity contribution in [3.63, 3.8) is 0 Å². The first-order valence-electron chi connectivity index (χ1n) is 20.3. The predicted molar refractivity (Wildman–Crippen MR) is 207 cm³/mol. The van der Waals surface area contributed by atoms with Gasteiger partial charge in [-0.3, -0.25) is 0 Å². The highest BCUT2D eigenvalue weighted by molar-refractivity contribution is 7.76. The van der Waals surface area contributed by atoms with Gasteiger partial charge in [-0.2, -0.15) is 0 Å². The summed E-state index contributed by atoms with van der Waals surface area (Å²) in [5.74, 6) is 0. The van der Waals surface area contributed by atoms with Gasteiger partial charge in [0.05, 0.1) is 49.3 Å². The minimum atomic E-state index is -0.725. The fourth-order valence-corrected chi connectivity index (χ4v) is 17.5. The van der Waals surface area contributed by atoms with Crippen molar-refractivity contribution >= 4 is 14.5 Å². The molecule has 0 aliphatic rings. The third kappa shape index (κ3) is 28.8. The van der Waals surface area contributed by atoms with E-state index in [1.165, 1.54) is 135 Å². The number of halogens is 2. The number of unbranched alkanes of at least 4 members (excludes halogenated alkanes) is 19. The van der Waals surface area contributed by atoms with Crippen molar-refractivity contribution in [2.45, 2.75) is 208 Å². The Morgan fingerprint density at radius 1 is 0.205 bits per heavy atom. The zero-order valence-corrected chi connectivity index (χ0v) is 36.7. The fraction of sp³-hybridized carbons (Fsp3) is 1.00. The Hall–Kier alpha value is 1.82. The Labute approximate surface area is 304 Å². The van der Waals surface area contributed by atoms with Gasteiger partial charge in [-0.15, -0.1) is 0 Å². The summed E-state index contributed by atoms with van der Waals surface area (Å²) in [6.07, 6.45) is 51.7. The van der Waals surface area contributed by atoms with Gasteiger partial charge < -0.3 is 34.0 Å². The zero-order chi connectivity index (χ0) is 31.0. The molecule has 0 nitrogen and oxygen atoms in total. The van der Waals surface area contributed by atoms with Crippen LogP contribution >= 0.6 is 14.5 Å². The molecule has 0 aliphatic carbocycles. The van der Waals surface area contributed by atoms with E-state index in [0.29, 0.717) is 0 Å². The number of hydrogen-bond donors (Lipinski definition) is 0. The van der Waals surface area contributed by atoms with Gasteiger partial charge >= 0.3 is 0 Å². The molecule has 0 bridgehead atoms. The topological polar surface area (TPSA) is 0 Å². The van der Waals surface area contributed by atoms with E-state index < -0.39 is 14.5 Å². The van der Waals surface area contributed by atoms with Crippen molar-refractivity contribution in [2.24, 2.45) is 0 Å². The van der Waals surface area contributed by atoms with Crippen LogP contribution in [0, 0.1) is 0 Å². The first-order chi connectivity index (χ1) is 20.6. The Bertz CT molecular complexity index is 474. The molecule has 0 unspecified atom stereocenters. The highest BCUT2D eigenvalue weighted by Crippen LogP contribution is 2.62. The molecule has 0 aliphatic heterocycles. The molecule has 44 heavy (non-hydrogen) atoms. The molecule has 270 valence electrons. The van der Waals surface area contributed by atoms with Gasteiger partial charge in [-0.25, -0.2) is 0 Å². The smallest absolute Gasteiger partial charge is 0.0594 e. The summed E-state index contributed by atoms with van der Waals surface area (Å²) in [6, 6.07) is 0. The van der Waals surface area contributed by atoms with E-state index in [2.05, 4.69) is 41.5 Å². The van der Waals surface area contributed by atoms with Crippen LogP contribution in [-0.2, 0) is 0 Å². The van der Waals surface area contributed by atoms with E-state index in [4.69, 9.17) is 0 Å². The van der Waals surface area contributed by atoms with Gasteiger partial charge in [-0.05, 0) is 83.5 Å². The Morgan fingerprint density at radius 3 is 0.568 bits per heavy atom. The van der Waals surface area contributed by atoms with Crippen LogP contribution in [0.25, 0.3) is 0 Å².